The Morgan fingerprint density at radius 3 is 2.63 bits per heavy atom. The number of carbonyl (C=O) groups excluding carboxylic acids is 1. The highest BCUT2D eigenvalue weighted by Crippen LogP contribution is 2.20. The van der Waals surface area contributed by atoms with Crippen LogP contribution < -0.4 is 4.74 Å². The molecule has 1 aliphatic heterocycles. The van der Waals surface area contributed by atoms with E-state index in [2.05, 4.69) is 32.6 Å². The summed E-state index contributed by atoms with van der Waals surface area (Å²) in [6.07, 6.45) is 1.29. The smallest absolute Gasteiger partial charge is 0.260 e. The van der Waals surface area contributed by atoms with Crippen molar-refractivity contribution in [1.29, 1.82) is 0 Å². The van der Waals surface area contributed by atoms with Gasteiger partial charge >= 0.3 is 0 Å². The van der Waals surface area contributed by atoms with Crippen molar-refractivity contribution in [3.8, 4) is 17.2 Å². The second-order valence-electron chi connectivity index (χ2n) is 6.29. The summed E-state index contributed by atoms with van der Waals surface area (Å²) in [5.74, 6) is 1.12. The molecule has 4 rings (SSSR count). The molecule has 1 aliphatic rings. The number of aromatic nitrogens is 2. The van der Waals surface area contributed by atoms with Crippen LogP contribution in [0.5, 0.6) is 5.75 Å². The van der Waals surface area contributed by atoms with Gasteiger partial charge in [0.1, 0.15) is 5.75 Å². The molecule has 0 radical (unpaired) electrons. The van der Waals surface area contributed by atoms with Crippen LogP contribution in [0.25, 0.3) is 11.5 Å². The number of nitrogens with zero attached hydrogens (tertiary/aromatic N) is 4. The molecule has 8 heteroatoms. The third-order valence-corrected chi connectivity index (χ3v) is 5.37. The highest BCUT2D eigenvalue weighted by Gasteiger charge is 2.21. The molecule has 3 aromatic rings. The van der Waals surface area contributed by atoms with Crippen molar-refractivity contribution in [2.75, 3.05) is 32.8 Å². The molecule has 0 N–H and O–H groups in total. The molecule has 1 amide bonds. The molecule has 1 fully saturated rings. The average molecular weight is 384 g/mol. The monoisotopic (exact) mass is 384 g/mol. The maximum Gasteiger partial charge on any atom is 0.260 e. The van der Waals surface area contributed by atoms with Crippen LogP contribution in [0.1, 0.15) is 4.88 Å². The van der Waals surface area contributed by atoms with Gasteiger partial charge in [0.15, 0.2) is 6.61 Å². The van der Waals surface area contributed by atoms with E-state index < -0.39 is 0 Å². The minimum atomic E-state index is 0.0201. The maximum absolute atomic E-state index is 12.4. The number of amides is 1. The molecule has 0 aliphatic carbocycles. The summed E-state index contributed by atoms with van der Waals surface area (Å²) in [5.41, 5.74) is 0.813. The van der Waals surface area contributed by atoms with Gasteiger partial charge in [0, 0.05) is 43.2 Å². The van der Waals surface area contributed by atoms with Crippen LogP contribution in [-0.2, 0) is 11.3 Å². The van der Waals surface area contributed by atoms with E-state index in [-0.39, 0.29) is 12.5 Å². The van der Waals surface area contributed by atoms with Crippen LogP contribution in [0.3, 0.4) is 0 Å². The third kappa shape index (κ3) is 4.53. The van der Waals surface area contributed by atoms with E-state index in [1.807, 2.05) is 17.0 Å². The molecule has 0 atom stereocenters. The van der Waals surface area contributed by atoms with Gasteiger partial charge in [0.2, 0.25) is 12.3 Å². The van der Waals surface area contributed by atoms with Gasteiger partial charge in [-0.3, -0.25) is 9.69 Å². The zero-order valence-electron chi connectivity index (χ0n) is 14.8. The molecule has 27 heavy (non-hydrogen) atoms. The summed E-state index contributed by atoms with van der Waals surface area (Å²) >= 11 is 1.77. The summed E-state index contributed by atoms with van der Waals surface area (Å²) < 4.78 is 10.8. The lowest BCUT2D eigenvalue weighted by molar-refractivity contribution is -0.135. The standard InChI is InChI=1S/C19H20N4O3S/c24-18(23-9-7-22(8-10-23)12-17-2-1-11-27-17)13-25-16-5-3-15(4-6-16)19-21-20-14-26-19/h1-6,11,14H,7-10,12-13H2. The van der Waals surface area contributed by atoms with Gasteiger partial charge in [-0.15, -0.1) is 21.5 Å². The number of rotatable bonds is 6. The first-order valence-corrected chi connectivity index (χ1v) is 9.68. The van der Waals surface area contributed by atoms with Crippen LogP contribution in [0, 0.1) is 0 Å². The normalized spacial score (nSPS) is 15.0. The van der Waals surface area contributed by atoms with Gasteiger partial charge < -0.3 is 14.1 Å². The molecule has 1 aromatic carbocycles. The van der Waals surface area contributed by atoms with Crippen LogP contribution in [0.4, 0.5) is 0 Å². The average Bonchev–Trinajstić information content (AvgIpc) is 3.41. The van der Waals surface area contributed by atoms with E-state index in [1.54, 1.807) is 23.5 Å². The molecule has 0 saturated carbocycles. The van der Waals surface area contributed by atoms with Crippen molar-refractivity contribution in [3.05, 3.63) is 53.0 Å². The van der Waals surface area contributed by atoms with Crippen LogP contribution in [-0.4, -0.2) is 58.7 Å². The summed E-state index contributed by atoms with van der Waals surface area (Å²) in [5, 5.41) is 9.61. The van der Waals surface area contributed by atoms with Crippen molar-refractivity contribution < 1.29 is 13.9 Å². The van der Waals surface area contributed by atoms with Crippen LogP contribution in [0.15, 0.2) is 52.6 Å². The lowest BCUT2D eigenvalue weighted by Gasteiger charge is -2.34. The number of ether oxygens (including phenoxy) is 1. The highest BCUT2D eigenvalue weighted by molar-refractivity contribution is 7.09. The van der Waals surface area contributed by atoms with Crippen molar-refractivity contribution in [2.24, 2.45) is 0 Å². The molecule has 140 valence electrons. The predicted molar refractivity (Wildman–Crippen MR) is 101 cm³/mol. The van der Waals surface area contributed by atoms with Crippen LogP contribution >= 0.6 is 11.3 Å². The maximum atomic E-state index is 12.4. The minimum Gasteiger partial charge on any atom is -0.484 e. The number of piperazine rings is 1. The Hall–Kier alpha value is -2.71. The van der Waals surface area contributed by atoms with E-state index in [0.717, 1.165) is 38.3 Å². The zero-order valence-corrected chi connectivity index (χ0v) is 15.6. The number of hydrogen-bond acceptors (Lipinski definition) is 7. The van der Waals surface area contributed by atoms with E-state index in [0.29, 0.717) is 11.6 Å². The van der Waals surface area contributed by atoms with E-state index in [4.69, 9.17) is 9.15 Å². The largest absolute Gasteiger partial charge is 0.484 e. The van der Waals surface area contributed by atoms with E-state index in [1.165, 1.54) is 11.3 Å². The number of benzene rings is 1. The van der Waals surface area contributed by atoms with E-state index in [9.17, 15) is 4.79 Å². The van der Waals surface area contributed by atoms with Gasteiger partial charge in [-0.25, -0.2) is 0 Å². The summed E-state index contributed by atoms with van der Waals surface area (Å²) in [6.45, 7) is 4.27. The zero-order chi connectivity index (χ0) is 18.5. The summed E-state index contributed by atoms with van der Waals surface area (Å²) in [4.78, 5) is 18.0. The predicted octanol–water partition coefficient (Wildman–Crippen LogP) is 2.52. The summed E-state index contributed by atoms with van der Waals surface area (Å²) in [6, 6.07) is 11.5. The fourth-order valence-corrected chi connectivity index (χ4v) is 3.75. The Labute approximate surface area is 161 Å². The fourth-order valence-electron chi connectivity index (χ4n) is 3.01. The number of thiophene rings is 1. The highest BCUT2D eigenvalue weighted by atomic mass is 32.1. The van der Waals surface area contributed by atoms with Crippen molar-refractivity contribution in [2.45, 2.75) is 6.54 Å². The summed E-state index contributed by atoms with van der Waals surface area (Å²) in [7, 11) is 0. The number of hydrogen-bond donors (Lipinski definition) is 0. The quantitative estimate of drug-likeness (QED) is 0.650. The Bertz CT molecular complexity index is 842. The molecule has 0 unspecified atom stereocenters. The van der Waals surface area contributed by atoms with Crippen molar-refractivity contribution >= 4 is 17.2 Å². The Morgan fingerprint density at radius 2 is 1.96 bits per heavy atom. The molecule has 0 spiro atoms. The first-order chi connectivity index (χ1) is 13.3. The van der Waals surface area contributed by atoms with Crippen LogP contribution in [0.2, 0.25) is 0 Å². The second-order valence-corrected chi connectivity index (χ2v) is 7.33. The van der Waals surface area contributed by atoms with Gasteiger partial charge in [-0.1, -0.05) is 6.07 Å². The molecule has 7 nitrogen and oxygen atoms in total. The van der Waals surface area contributed by atoms with Crippen molar-refractivity contribution in [3.63, 3.8) is 0 Å². The van der Waals surface area contributed by atoms with Gasteiger partial charge in [-0.2, -0.15) is 0 Å². The molecular weight excluding hydrogens is 364 g/mol. The molecule has 2 aromatic heterocycles. The SMILES string of the molecule is O=C(COc1ccc(-c2nnco2)cc1)N1CCN(Cc2cccs2)CC1. The van der Waals surface area contributed by atoms with Crippen molar-refractivity contribution in [1.82, 2.24) is 20.0 Å². The number of carbonyl (C=O) groups is 1. The molecule has 1 saturated heterocycles. The third-order valence-electron chi connectivity index (χ3n) is 4.51. The van der Waals surface area contributed by atoms with Gasteiger partial charge in [0.05, 0.1) is 0 Å². The Kier molecular flexibility index (Phi) is 5.45. The second kappa shape index (κ2) is 8.32. The lowest BCUT2D eigenvalue weighted by atomic mass is 10.2. The topological polar surface area (TPSA) is 71.7 Å². The lowest BCUT2D eigenvalue weighted by Crippen LogP contribution is -2.49. The van der Waals surface area contributed by atoms with Gasteiger partial charge in [-0.05, 0) is 35.7 Å². The molecular formula is C19H20N4O3S. The molecule has 0 bridgehead atoms. The Balaban J connectivity index is 1.23. The minimum absolute atomic E-state index is 0.0201. The molecule has 3 heterocycles. The Morgan fingerprint density at radius 1 is 1.15 bits per heavy atom. The fraction of sp³-hybridized carbons (Fsp3) is 0.316. The first kappa shape index (κ1) is 17.7. The van der Waals surface area contributed by atoms with E-state index >= 15 is 0 Å². The van der Waals surface area contributed by atoms with Gasteiger partial charge in [0.25, 0.3) is 5.91 Å². The first-order valence-electron chi connectivity index (χ1n) is 8.80.